The van der Waals surface area contributed by atoms with Crippen molar-refractivity contribution in [3.63, 3.8) is 0 Å². The van der Waals surface area contributed by atoms with Gasteiger partial charge in [-0.2, -0.15) is 0 Å². The number of nitrogens with zero attached hydrogens (tertiary/aromatic N) is 2. The van der Waals surface area contributed by atoms with Gasteiger partial charge in [-0.3, -0.25) is 4.79 Å². The second-order valence-corrected chi connectivity index (χ2v) is 5.91. The number of likely N-dealkylation sites (tertiary alicyclic amines) is 2. The van der Waals surface area contributed by atoms with Crippen LogP contribution in [0.2, 0.25) is 0 Å². The van der Waals surface area contributed by atoms with Crippen molar-refractivity contribution in [2.45, 2.75) is 57.9 Å². The van der Waals surface area contributed by atoms with Crippen molar-refractivity contribution in [1.82, 2.24) is 9.80 Å². The van der Waals surface area contributed by atoms with Crippen LogP contribution in [0.1, 0.15) is 51.9 Å². The highest BCUT2D eigenvalue weighted by Gasteiger charge is 2.27. The first-order valence-corrected chi connectivity index (χ1v) is 7.68. The minimum Gasteiger partial charge on any atom is -0.343 e. The van der Waals surface area contributed by atoms with E-state index < -0.39 is 0 Å². The number of piperidine rings is 2. The zero-order valence-corrected chi connectivity index (χ0v) is 12.1. The van der Waals surface area contributed by atoms with E-state index in [9.17, 15) is 9.59 Å². The molecule has 0 aromatic rings. The van der Waals surface area contributed by atoms with Crippen LogP contribution in [0.3, 0.4) is 0 Å². The lowest BCUT2D eigenvalue weighted by molar-refractivity contribution is -0.134. The molecule has 0 saturated carbocycles. The SMILES string of the molecule is CC(=O)CCC(=O)N1CCC(N2CCCCC2)CC1. The average molecular weight is 266 g/mol. The molecular weight excluding hydrogens is 240 g/mol. The number of rotatable bonds is 4. The Bertz CT molecular complexity index is 316. The first-order valence-electron chi connectivity index (χ1n) is 7.68. The fourth-order valence-electron chi connectivity index (χ4n) is 3.21. The van der Waals surface area contributed by atoms with Crippen LogP contribution in [0.15, 0.2) is 0 Å². The van der Waals surface area contributed by atoms with Crippen LogP contribution in [0, 0.1) is 0 Å². The maximum atomic E-state index is 11.9. The molecule has 0 aromatic heterocycles. The Morgan fingerprint density at radius 3 is 2.16 bits per heavy atom. The summed E-state index contributed by atoms with van der Waals surface area (Å²) in [5, 5.41) is 0. The summed E-state index contributed by atoms with van der Waals surface area (Å²) in [4.78, 5) is 27.4. The molecule has 0 radical (unpaired) electrons. The second-order valence-electron chi connectivity index (χ2n) is 5.91. The molecule has 2 saturated heterocycles. The summed E-state index contributed by atoms with van der Waals surface area (Å²) in [7, 11) is 0. The summed E-state index contributed by atoms with van der Waals surface area (Å²) in [6.45, 7) is 5.78. The van der Waals surface area contributed by atoms with Gasteiger partial charge in [0.05, 0.1) is 0 Å². The van der Waals surface area contributed by atoms with Crippen molar-refractivity contribution in [1.29, 1.82) is 0 Å². The molecule has 0 spiro atoms. The van der Waals surface area contributed by atoms with Gasteiger partial charge in [0, 0.05) is 32.0 Å². The van der Waals surface area contributed by atoms with Gasteiger partial charge in [0.2, 0.25) is 5.91 Å². The summed E-state index contributed by atoms with van der Waals surface area (Å²) in [5.74, 6) is 0.267. The van der Waals surface area contributed by atoms with Gasteiger partial charge < -0.3 is 14.6 Å². The average Bonchev–Trinajstić information content (AvgIpc) is 2.46. The molecule has 0 N–H and O–H groups in total. The molecule has 108 valence electrons. The molecule has 1 amide bonds. The van der Waals surface area contributed by atoms with Gasteiger partial charge in [0.25, 0.3) is 0 Å². The fourth-order valence-corrected chi connectivity index (χ4v) is 3.21. The number of carbonyl (C=O) groups excluding carboxylic acids is 2. The number of hydrogen-bond acceptors (Lipinski definition) is 3. The van der Waals surface area contributed by atoms with E-state index in [2.05, 4.69) is 4.90 Å². The van der Waals surface area contributed by atoms with Crippen molar-refractivity contribution in [2.75, 3.05) is 26.2 Å². The van der Waals surface area contributed by atoms with Crippen molar-refractivity contribution in [3.05, 3.63) is 0 Å². The Balaban J connectivity index is 1.72. The van der Waals surface area contributed by atoms with E-state index in [4.69, 9.17) is 0 Å². The van der Waals surface area contributed by atoms with Crippen LogP contribution in [0.4, 0.5) is 0 Å². The molecular formula is C15H26N2O2. The van der Waals surface area contributed by atoms with E-state index >= 15 is 0 Å². The maximum absolute atomic E-state index is 11.9. The summed E-state index contributed by atoms with van der Waals surface area (Å²) in [6.07, 6.45) is 7.03. The molecule has 0 unspecified atom stereocenters. The minimum absolute atomic E-state index is 0.108. The van der Waals surface area contributed by atoms with Gasteiger partial charge in [0.1, 0.15) is 5.78 Å². The zero-order valence-electron chi connectivity index (χ0n) is 12.1. The van der Waals surface area contributed by atoms with Crippen LogP contribution >= 0.6 is 0 Å². The molecule has 4 nitrogen and oxygen atoms in total. The molecule has 0 aromatic carbocycles. The Labute approximate surface area is 116 Å². The molecule has 0 bridgehead atoms. The molecule has 0 atom stereocenters. The Morgan fingerprint density at radius 2 is 1.58 bits per heavy atom. The first-order chi connectivity index (χ1) is 9.16. The summed E-state index contributed by atoms with van der Waals surface area (Å²) >= 11 is 0. The lowest BCUT2D eigenvalue weighted by atomic mass is 9.99. The minimum atomic E-state index is 0.108. The molecule has 2 aliphatic heterocycles. The smallest absolute Gasteiger partial charge is 0.223 e. The maximum Gasteiger partial charge on any atom is 0.223 e. The van der Waals surface area contributed by atoms with Crippen molar-refractivity contribution in [3.8, 4) is 0 Å². The third-order valence-electron chi connectivity index (χ3n) is 4.42. The molecule has 2 aliphatic rings. The normalized spacial score (nSPS) is 22.5. The lowest BCUT2D eigenvalue weighted by Gasteiger charge is -2.40. The number of Topliss-reactive ketones (excluding diaryl/α,β-unsaturated/α-hetero) is 1. The van der Waals surface area contributed by atoms with E-state index in [1.807, 2.05) is 4.90 Å². The van der Waals surface area contributed by atoms with Gasteiger partial charge in [-0.25, -0.2) is 0 Å². The molecule has 4 heteroatoms. The third kappa shape index (κ3) is 4.30. The van der Waals surface area contributed by atoms with Crippen LogP contribution in [-0.2, 0) is 9.59 Å². The van der Waals surface area contributed by atoms with E-state index in [1.54, 1.807) is 6.92 Å². The number of amides is 1. The van der Waals surface area contributed by atoms with Gasteiger partial charge in [0.15, 0.2) is 0 Å². The van der Waals surface area contributed by atoms with Crippen molar-refractivity contribution >= 4 is 11.7 Å². The molecule has 2 rings (SSSR count). The fraction of sp³-hybridized carbons (Fsp3) is 0.867. The topological polar surface area (TPSA) is 40.6 Å². The van der Waals surface area contributed by atoms with Gasteiger partial charge in [-0.15, -0.1) is 0 Å². The number of carbonyl (C=O) groups is 2. The molecule has 19 heavy (non-hydrogen) atoms. The standard InChI is InChI=1S/C15H26N2O2/c1-13(18)5-6-15(19)17-11-7-14(8-12-17)16-9-3-2-4-10-16/h14H,2-12H2,1H3. The van der Waals surface area contributed by atoms with E-state index in [1.165, 1.54) is 32.4 Å². The molecule has 0 aliphatic carbocycles. The molecule has 2 heterocycles. The predicted molar refractivity (Wildman–Crippen MR) is 74.9 cm³/mol. The van der Waals surface area contributed by atoms with E-state index in [0.717, 1.165) is 25.9 Å². The lowest BCUT2D eigenvalue weighted by Crippen LogP contribution is -2.48. The van der Waals surface area contributed by atoms with Crippen molar-refractivity contribution < 1.29 is 9.59 Å². The Morgan fingerprint density at radius 1 is 0.947 bits per heavy atom. The van der Waals surface area contributed by atoms with E-state index in [-0.39, 0.29) is 11.7 Å². The summed E-state index contributed by atoms with van der Waals surface area (Å²) in [6, 6.07) is 0.678. The highest BCUT2D eigenvalue weighted by molar-refractivity contribution is 5.83. The zero-order chi connectivity index (χ0) is 13.7. The summed E-state index contributed by atoms with van der Waals surface area (Å²) < 4.78 is 0. The van der Waals surface area contributed by atoms with E-state index in [0.29, 0.717) is 18.9 Å². The van der Waals surface area contributed by atoms with Crippen LogP contribution < -0.4 is 0 Å². The van der Waals surface area contributed by atoms with Crippen LogP contribution in [0.5, 0.6) is 0 Å². The highest BCUT2D eigenvalue weighted by Crippen LogP contribution is 2.21. The number of ketones is 1. The van der Waals surface area contributed by atoms with Gasteiger partial charge in [-0.05, 0) is 45.7 Å². The first kappa shape index (κ1) is 14.5. The van der Waals surface area contributed by atoms with Crippen LogP contribution in [0.25, 0.3) is 0 Å². The Kier molecular flexibility index (Phi) is 5.37. The third-order valence-corrected chi connectivity index (χ3v) is 4.42. The largest absolute Gasteiger partial charge is 0.343 e. The highest BCUT2D eigenvalue weighted by atomic mass is 16.2. The number of hydrogen-bond donors (Lipinski definition) is 0. The van der Waals surface area contributed by atoms with Gasteiger partial charge >= 0.3 is 0 Å². The van der Waals surface area contributed by atoms with Crippen LogP contribution in [-0.4, -0.2) is 53.7 Å². The quantitative estimate of drug-likeness (QED) is 0.779. The van der Waals surface area contributed by atoms with Crippen molar-refractivity contribution in [2.24, 2.45) is 0 Å². The van der Waals surface area contributed by atoms with Gasteiger partial charge in [-0.1, -0.05) is 6.42 Å². The summed E-state index contributed by atoms with van der Waals surface area (Å²) in [5.41, 5.74) is 0. The molecule has 2 fully saturated rings. The second kappa shape index (κ2) is 7.04. The monoisotopic (exact) mass is 266 g/mol. The predicted octanol–water partition coefficient (Wildman–Crippen LogP) is 1.83. The Hall–Kier alpha value is -0.900.